The molecule has 1 fully saturated rings. The Morgan fingerprint density at radius 1 is 1.09 bits per heavy atom. The molecule has 1 unspecified atom stereocenters. The fourth-order valence-electron chi connectivity index (χ4n) is 4.12. The number of nitrogens with zero attached hydrogens (tertiary/aromatic N) is 1. The lowest BCUT2D eigenvalue weighted by atomic mass is 10.00. The number of hydrogen-bond donors (Lipinski definition) is 2. The number of piperidine rings is 1. The maximum absolute atomic E-state index is 13.2. The predicted molar refractivity (Wildman–Crippen MR) is 113 cm³/mol. The molecule has 2 aliphatic heterocycles. The van der Waals surface area contributed by atoms with Crippen LogP contribution in [0.2, 0.25) is 0 Å². The Morgan fingerprint density at radius 3 is 2.56 bits per heavy atom. The second kappa shape index (κ2) is 8.26. The zero-order valence-corrected chi connectivity index (χ0v) is 17.5. The van der Waals surface area contributed by atoms with Crippen molar-refractivity contribution >= 4 is 35.3 Å². The molecule has 2 atom stereocenters. The highest BCUT2D eigenvalue weighted by Crippen LogP contribution is 2.34. The van der Waals surface area contributed by atoms with E-state index in [1.807, 2.05) is 6.92 Å². The summed E-state index contributed by atoms with van der Waals surface area (Å²) >= 11 is 0. The number of carbonyl (C=O) groups is 5. The second-order valence-electron chi connectivity index (χ2n) is 7.62. The van der Waals surface area contributed by atoms with E-state index in [2.05, 4.69) is 10.6 Å². The van der Waals surface area contributed by atoms with Gasteiger partial charge in [-0.2, -0.15) is 0 Å². The Bertz CT molecular complexity index is 1160. The standard InChI is InChI=1S/C23H21N3O6/c1-12(13-6-3-4-7-14(13)23(31)32-2)24-16-9-5-8-15-19(16)22(30)26(21(15)29)17-10-11-18(27)25-20(17)28/h3-9,12,17,24H,10-11H2,1-2H3,(H,25,27,28)/t12-,17?/m1/s1. The topological polar surface area (TPSA) is 122 Å². The number of rotatable bonds is 5. The first-order chi connectivity index (χ1) is 15.3. The van der Waals surface area contributed by atoms with Crippen molar-refractivity contribution in [2.75, 3.05) is 12.4 Å². The number of hydrogen-bond acceptors (Lipinski definition) is 7. The van der Waals surface area contributed by atoms with Crippen molar-refractivity contribution in [3.05, 3.63) is 64.7 Å². The molecule has 9 heteroatoms. The number of fused-ring (bicyclic) bond motifs is 1. The molecule has 2 aliphatic rings. The van der Waals surface area contributed by atoms with E-state index in [4.69, 9.17) is 4.74 Å². The number of amides is 4. The molecule has 0 bridgehead atoms. The van der Waals surface area contributed by atoms with E-state index in [0.717, 1.165) is 4.90 Å². The quantitative estimate of drug-likeness (QED) is 0.544. The van der Waals surface area contributed by atoms with Crippen LogP contribution in [-0.2, 0) is 14.3 Å². The maximum Gasteiger partial charge on any atom is 0.338 e. The average Bonchev–Trinajstić information content (AvgIpc) is 3.04. The lowest BCUT2D eigenvalue weighted by Crippen LogP contribution is -2.54. The highest BCUT2D eigenvalue weighted by molar-refractivity contribution is 6.25. The highest BCUT2D eigenvalue weighted by Gasteiger charge is 2.45. The Hall–Kier alpha value is -4.01. The summed E-state index contributed by atoms with van der Waals surface area (Å²) in [5, 5.41) is 5.39. The number of imide groups is 2. The average molecular weight is 435 g/mol. The van der Waals surface area contributed by atoms with E-state index in [9.17, 15) is 24.0 Å². The van der Waals surface area contributed by atoms with Gasteiger partial charge in [0.05, 0.1) is 23.8 Å². The number of methoxy groups -OCH3 is 1. The van der Waals surface area contributed by atoms with E-state index in [1.54, 1.807) is 36.4 Å². The first-order valence-electron chi connectivity index (χ1n) is 10.1. The molecule has 0 spiro atoms. The van der Waals surface area contributed by atoms with Crippen molar-refractivity contribution < 1.29 is 28.7 Å². The minimum absolute atomic E-state index is 0.0519. The molecule has 2 aromatic carbocycles. The molecule has 4 rings (SSSR count). The van der Waals surface area contributed by atoms with Gasteiger partial charge in [0.15, 0.2) is 0 Å². The van der Waals surface area contributed by atoms with E-state index in [0.29, 0.717) is 16.8 Å². The van der Waals surface area contributed by atoms with E-state index in [-0.39, 0.29) is 24.0 Å². The first kappa shape index (κ1) is 21.2. The van der Waals surface area contributed by atoms with Crippen LogP contribution in [-0.4, -0.2) is 47.6 Å². The zero-order valence-electron chi connectivity index (χ0n) is 17.5. The van der Waals surface area contributed by atoms with Crippen LogP contribution in [0.3, 0.4) is 0 Å². The SMILES string of the molecule is COC(=O)c1ccccc1[C@@H](C)Nc1cccc2c1C(=O)N(C1CCC(=O)NC1=O)C2=O. The number of nitrogens with one attached hydrogen (secondary N) is 2. The number of carbonyl (C=O) groups excluding carboxylic acids is 5. The molecular formula is C23H21N3O6. The predicted octanol–water partition coefficient (Wildman–Crippen LogP) is 2.05. The molecule has 2 N–H and O–H groups in total. The van der Waals surface area contributed by atoms with E-state index in [1.165, 1.54) is 13.2 Å². The molecule has 164 valence electrons. The van der Waals surface area contributed by atoms with Gasteiger partial charge < -0.3 is 10.1 Å². The molecule has 4 amide bonds. The van der Waals surface area contributed by atoms with Crippen molar-refractivity contribution in [3.63, 3.8) is 0 Å². The molecular weight excluding hydrogens is 414 g/mol. The monoisotopic (exact) mass is 435 g/mol. The van der Waals surface area contributed by atoms with Gasteiger partial charge in [-0.05, 0) is 37.1 Å². The second-order valence-corrected chi connectivity index (χ2v) is 7.62. The molecule has 2 heterocycles. The third kappa shape index (κ3) is 3.51. The Morgan fingerprint density at radius 2 is 1.84 bits per heavy atom. The largest absolute Gasteiger partial charge is 0.465 e. The van der Waals surface area contributed by atoms with Gasteiger partial charge in [-0.3, -0.25) is 29.4 Å². The summed E-state index contributed by atoms with van der Waals surface area (Å²) in [6.07, 6.45) is 0.137. The zero-order chi connectivity index (χ0) is 23.0. The Balaban J connectivity index is 1.65. The number of anilines is 1. The molecule has 2 aromatic rings. The van der Waals surface area contributed by atoms with Gasteiger partial charge in [0.2, 0.25) is 11.8 Å². The normalized spacial score (nSPS) is 18.8. The van der Waals surface area contributed by atoms with Crippen LogP contribution in [0.5, 0.6) is 0 Å². The number of ether oxygens (including phenoxy) is 1. The summed E-state index contributed by atoms with van der Waals surface area (Å²) in [7, 11) is 1.30. The highest BCUT2D eigenvalue weighted by atomic mass is 16.5. The lowest BCUT2D eigenvalue weighted by molar-refractivity contribution is -0.136. The molecule has 0 aromatic heterocycles. The molecule has 32 heavy (non-hydrogen) atoms. The van der Waals surface area contributed by atoms with E-state index >= 15 is 0 Å². The molecule has 1 saturated heterocycles. The molecule has 0 aliphatic carbocycles. The van der Waals surface area contributed by atoms with Crippen molar-refractivity contribution in [3.8, 4) is 0 Å². The third-order valence-electron chi connectivity index (χ3n) is 5.67. The van der Waals surface area contributed by atoms with Gasteiger partial charge in [0.25, 0.3) is 11.8 Å². The smallest absolute Gasteiger partial charge is 0.338 e. The summed E-state index contributed by atoms with van der Waals surface area (Å²) in [5.41, 5.74) is 1.79. The molecule has 9 nitrogen and oxygen atoms in total. The summed E-state index contributed by atoms with van der Waals surface area (Å²) in [6.45, 7) is 1.82. The summed E-state index contributed by atoms with van der Waals surface area (Å²) in [5.74, 6) is -2.75. The van der Waals surface area contributed by atoms with Gasteiger partial charge in [-0.15, -0.1) is 0 Å². The van der Waals surface area contributed by atoms with Crippen LogP contribution >= 0.6 is 0 Å². The van der Waals surface area contributed by atoms with Crippen LogP contribution < -0.4 is 10.6 Å². The number of esters is 1. The van der Waals surface area contributed by atoms with Crippen LogP contribution in [0.25, 0.3) is 0 Å². The maximum atomic E-state index is 13.2. The Kier molecular flexibility index (Phi) is 5.48. The van der Waals surface area contributed by atoms with Crippen molar-refractivity contribution in [2.24, 2.45) is 0 Å². The van der Waals surface area contributed by atoms with Crippen LogP contribution in [0, 0.1) is 0 Å². The van der Waals surface area contributed by atoms with Gasteiger partial charge in [-0.25, -0.2) is 4.79 Å². The Labute approximate surface area is 183 Å². The number of benzene rings is 2. The minimum Gasteiger partial charge on any atom is -0.465 e. The van der Waals surface area contributed by atoms with Crippen LogP contribution in [0.4, 0.5) is 5.69 Å². The van der Waals surface area contributed by atoms with E-state index < -0.39 is 41.7 Å². The van der Waals surface area contributed by atoms with Gasteiger partial charge in [0, 0.05) is 18.2 Å². The third-order valence-corrected chi connectivity index (χ3v) is 5.67. The molecule has 0 saturated carbocycles. The molecule has 0 radical (unpaired) electrons. The fraction of sp³-hybridized carbons (Fsp3) is 0.261. The van der Waals surface area contributed by atoms with Crippen LogP contribution in [0.1, 0.15) is 62.4 Å². The first-order valence-corrected chi connectivity index (χ1v) is 10.1. The van der Waals surface area contributed by atoms with Crippen LogP contribution in [0.15, 0.2) is 42.5 Å². The fourth-order valence-corrected chi connectivity index (χ4v) is 4.12. The summed E-state index contributed by atoms with van der Waals surface area (Å²) < 4.78 is 4.85. The van der Waals surface area contributed by atoms with Crippen molar-refractivity contribution in [1.82, 2.24) is 10.2 Å². The minimum atomic E-state index is -1.04. The lowest BCUT2D eigenvalue weighted by Gasteiger charge is -2.28. The summed E-state index contributed by atoms with van der Waals surface area (Å²) in [4.78, 5) is 63.0. The summed E-state index contributed by atoms with van der Waals surface area (Å²) in [6, 6.07) is 10.3. The van der Waals surface area contributed by atoms with Gasteiger partial charge >= 0.3 is 5.97 Å². The van der Waals surface area contributed by atoms with Gasteiger partial charge in [-0.1, -0.05) is 24.3 Å². The van der Waals surface area contributed by atoms with Crippen molar-refractivity contribution in [2.45, 2.75) is 31.8 Å². The van der Waals surface area contributed by atoms with Gasteiger partial charge in [0.1, 0.15) is 6.04 Å². The van der Waals surface area contributed by atoms with Crippen molar-refractivity contribution in [1.29, 1.82) is 0 Å².